The maximum Gasteiger partial charge on any atom is 0.320 e. The molecule has 0 aliphatic heterocycles. The van der Waals surface area contributed by atoms with Gasteiger partial charge in [-0.25, -0.2) is 6.57 Å². The second kappa shape index (κ2) is 3.35. The highest BCUT2D eigenvalue weighted by atomic mass is 16.5. The lowest BCUT2D eigenvalue weighted by Gasteiger charge is -2.19. The van der Waals surface area contributed by atoms with Crippen molar-refractivity contribution in [3.63, 3.8) is 0 Å². The monoisotopic (exact) mass is 156 g/mol. The van der Waals surface area contributed by atoms with Gasteiger partial charge in [0, 0.05) is 0 Å². The van der Waals surface area contributed by atoms with Crippen LogP contribution in [0, 0.1) is 12.0 Å². The van der Waals surface area contributed by atoms with Gasteiger partial charge < -0.3 is 4.74 Å². The molecule has 0 aromatic carbocycles. The summed E-state index contributed by atoms with van der Waals surface area (Å²) < 4.78 is 4.48. The maximum atomic E-state index is 11.0. The number of nitrogens with two attached hydrogens (primary N) is 1. The largest absolute Gasteiger partial charge is 0.468 e. The predicted octanol–water partition coefficient (Wildman–Crippen LogP) is 0.390. The molecule has 1 unspecified atom stereocenters. The molecule has 0 fully saturated rings. The minimum Gasteiger partial charge on any atom is -0.468 e. The molecule has 0 saturated carbocycles. The number of carbonyl (C=O) groups excluding carboxylic acids is 1. The van der Waals surface area contributed by atoms with Crippen molar-refractivity contribution >= 4 is 5.97 Å². The van der Waals surface area contributed by atoms with E-state index in [2.05, 4.69) is 9.58 Å². The van der Waals surface area contributed by atoms with Gasteiger partial charge in [0.05, 0.1) is 7.11 Å². The van der Waals surface area contributed by atoms with Crippen LogP contribution in [0.2, 0.25) is 0 Å². The Morgan fingerprint density at radius 1 is 1.73 bits per heavy atom. The van der Waals surface area contributed by atoms with E-state index < -0.39 is 17.6 Å². The zero-order chi connectivity index (χ0) is 9.07. The molecule has 4 heteroatoms. The number of methoxy groups -OCH3 is 1. The fourth-order valence-electron chi connectivity index (χ4n) is 0.545. The van der Waals surface area contributed by atoms with Crippen molar-refractivity contribution in [3.8, 4) is 0 Å². The SMILES string of the molecule is [C-]#[N+]C(N)C(C)(C)C(=O)OC. The molecule has 0 heterocycles. The standard InChI is InChI=1S/C7H12N2O2/c1-7(2,5(8)9-3)6(10)11-4/h5H,8H2,1-2,4H3. The number of carbonyl (C=O) groups is 1. The summed E-state index contributed by atoms with van der Waals surface area (Å²) in [5.41, 5.74) is 4.45. The van der Waals surface area contributed by atoms with E-state index in [-0.39, 0.29) is 0 Å². The third-order valence-electron chi connectivity index (χ3n) is 1.59. The molecule has 62 valence electrons. The van der Waals surface area contributed by atoms with Crippen molar-refractivity contribution in [3.05, 3.63) is 11.4 Å². The number of esters is 1. The minimum atomic E-state index is -0.920. The summed E-state index contributed by atoms with van der Waals surface area (Å²) in [5.74, 6) is -0.457. The zero-order valence-electron chi connectivity index (χ0n) is 6.92. The summed E-state index contributed by atoms with van der Waals surface area (Å²) in [6.45, 7) is 9.79. The zero-order valence-corrected chi connectivity index (χ0v) is 6.92. The smallest absolute Gasteiger partial charge is 0.320 e. The van der Waals surface area contributed by atoms with Gasteiger partial charge in [0.1, 0.15) is 0 Å². The molecule has 0 spiro atoms. The van der Waals surface area contributed by atoms with E-state index in [0.717, 1.165) is 0 Å². The van der Waals surface area contributed by atoms with Crippen LogP contribution in [0.15, 0.2) is 0 Å². The quantitative estimate of drug-likeness (QED) is 0.464. The van der Waals surface area contributed by atoms with E-state index in [1.807, 2.05) is 0 Å². The van der Waals surface area contributed by atoms with Crippen molar-refractivity contribution in [1.29, 1.82) is 0 Å². The third kappa shape index (κ3) is 1.92. The van der Waals surface area contributed by atoms with Gasteiger partial charge in [0.15, 0.2) is 5.41 Å². The molecule has 0 aromatic rings. The third-order valence-corrected chi connectivity index (χ3v) is 1.59. The van der Waals surface area contributed by atoms with Gasteiger partial charge in [-0.15, -0.1) is 0 Å². The molecule has 4 nitrogen and oxygen atoms in total. The van der Waals surface area contributed by atoms with Crippen LogP contribution in [0.3, 0.4) is 0 Å². The van der Waals surface area contributed by atoms with Gasteiger partial charge >= 0.3 is 5.97 Å². The molecule has 0 rings (SSSR count). The minimum absolute atomic E-state index is 0.457. The van der Waals surface area contributed by atoms with E-state index >= 15 is 0 Å². The van der Waals surface area contributed by atoms with Gasteiger partial charge in [-0.3, -0.25) is 15.4 Å². The van der Waals surface area contributed by atoms with E-state index in [4.69, 9.17) is 12.3 Å². The molecule has 2 N–H and O–H groups in total. The Bertz CT molecular complexity index is 193. The van der Waals surface area contributed by atoms with Crippen molar-refractivity contribution in [1.82, 2.24) is 0 Å². The van der Waals surface area contributed by atoms with Crippen LogP contribution in [-0.2, 0) is 9.53 Å². The van der Waals surface area contributed by atoms with Crippen LogP contribution in [0.5, 0.6) is 0 Å². The van der Waals surface area contributed by atoms with Crippen LogP contribution in [-0.4, -0.2) is 19.2 Å². The molecule has 0 saturated heterocycles. The van der Waals surface area contributed by atoms with E-state index in [0.29, 0.717) is 0 Å². The molecular formula is C7H12N2O2. The van der Waals surface area contributed by atoms with Gasteiger partial charge in [-0.1, -0.05) is 0 Å². The summed E-state index contributed by atoms with van der Waals surface area (Å²) in [6.07, 6.45) is -0.838. The summed E-state index contributed by atoms with van der Waals surface area (Å²) in [7, 11) is 1.28. The fourth-order valence-corrected chi connectivity index (χ4v) is 0.545. The topological polar surface area (TPSA) is 56.7 Å². The van der Waals surface area contributed by atoms with Crippen LogP contribution in [0.4, 0.5) is 0 Å². The molecule has 11 heavy (non-hydrogen) atoms. The number of nitrogens with zero attached hydrogens (tertiary/aromatic N) is 1. The predicted molar refractivity (Wildman–Crippen MR) is 40.4 cm³/mol. The van der Waals surface area contributed by atoms with Crippen molar-refractivity contribution in [2.24, 2.45) is 11.1 Å². The van der Waals surface area contributed by atoms with E-state index in [9.17, 15) is 4.79 Å². The Balaban J connectivity index is 4.47. The number of ether oxygens (including phenoxy) is 1. The number of rotatable bonds is 2. The van der Waals surface area contributed by atoms with Gasteiger partial charge in [-0.2, -0.15) is 0 Å². The molecule has 0 aliphatic rings. The highest BCUT2D eigenvalue weighted by Crippen LogP contribution is 2.21. The van der Waals surface area contributed by atoms with Crippen LogP contribution >= 0.6 is 0 Å². The molecule has 0 amide bonds. The first kappa shape index (κ1) is 9.92. The van der Waals surface area contributed by atoms with Gasteiger partial charge in [0.2, 0.25) is 0 Å². The fraction of sp³-hybridized carbons (Fsp3) is 0.714. The highest BCUT2D eigenvalue weighted by molar-refractivity contribution is 5.76. The Morgan fingerprint density at radius 2 is 2.18 bits per heavy atom. The van der Waals surface area contributed by atoms with Crippen LogP contribution in [0.25, 0.3) is 4.85 Å². The van der Waals surface area contributed by atoms with Crippen molar-refractivity contribution < 1.29 is 9.53 Å². The first-order valence-corrected chi connectivity index (χ1v) is 3.17. The summed E-state index contributed by atoms with van der Waals surface area (Å²) >= 11 is 0. The lowest BCUT2D eigenvalue weighted by molar-refractivity contribution is -0.151. The first-order valence-electron chi connectivity index (χ1n) is 3.17. The summed E-state index contributed by atoms with van der Waals surface area (Å²) in [5, 5.41) is 0. The summed E-state index contributed by atoms with van der Waals surface area (Å²) in [6, 6.07) is 0. The normalized spacial score (nSPS) is 13.4. The van der Waals surface area contributed by atoms with Crippen molar-refractivity contribution in [2.75, 3.05) is 7.11 Å². The highest BCUT2D eigenvalue weighted by Gasteiger charge is 2.40. The Hall–Kier alpha value is -1.08. The average Bonchev–Trinajstić information content (AvgIpc) is 2.01. The van der Waals surface area contributed by atoms with Crippen molar-refractivity contribution in [2.45, 2.75) is 20.0 Å². The average molecular weight is 156 g/mol. The summed E-state index contributed by atoms with van der Waals surface area (Å²) in [4.78, 5) is 14.0. The molecule has 1 atom stereocenters. The maximum absolute atomic E-state index is 11.0. The molecule has 0 radical (unpaired) electrons. The second-order valence-electron chi connectivity index (χ2n) is 2.79. The van der Waals surface area contributed by atoms with E-state index in [1.165, 1.54) is 7.11 Å². The molecule has 0 aromatic heterocycles. The number of hydrogen-bond acceptors (Lipinski definition) is 3. The Labute approximate surface area is 66.1 Å². The lowest BCUT2D eigenvalue weighted by Crippen LogP contribution is -2.41. The first-order chi connectivity index (χ1) is 4.96. The number of hydrogen-bond donors (Lipinski definition) is 1. The van der Waals surface area contributed by atoms with Gasteiger partial charge in [-0.05, 0) is 13.8 Å². The molecule has 0 bridgehead atoms. The molecular weight excluding hydrogens is 144 g/mol. The van der Waals surface area contributed by atoms with Crippen LogP contribution in [0.1, 0.15) is 13.8 Å². The lowest BCUT2D eigenvalue weighted by atomic mass is 9.90. The Morgan fingerprint density at radius 3 is 2.45 bits per heavy atom. The second-order valence-corrected chi connectivity index (χ2v) is 2.79. The molecule has 0 aliphatic carbocycles. The van der Waals surface area contributed by atoms with E-state index in [1.54, 1.807) is 13.8 Å². The van der Waals surface area contributed by atoms with Gasteiger partial charge in [0.25, 0.3) is 6.17 Å². The Kier molecular flexibility index (Phi) is 3.02. The van der Waals surface area contributed by atoms with Crippen LogP contribution < -0.4 is 5.73 Å².